The fourth-order valence-electron chi connectivity index (χ4n) is 1.87. The molecule has 1 saturated carbocycles. The molecule has 76 valence electrons. The van der Waals surface area contributed by atoms with E-state index in [0.717, 1.165) is 24.3 Å². The predicted molar refractivity (Wildman–Crippen MR) is 56.2 cm³/mol. The maximum atomic E-state index is 11.9. The number of carbonyl (C=O) groups is 1. The highest BCUT2D eigenvalue weighted by Gasteiger charge is 2.42. The molecule has 0 bridgehead atoms. The van der Waals surface area contributed by atoms with E-state index in [1.54, 1.807) is 6.20 Å². The summed E-state index contributed by atoms with van der Waals surface area (Å²) in [6.45, 7) is 0.497. The third kappa shape index (κ3) is 1.60. The van der Waals surface area contributed by atoms with Crippen LogP contribution in [-0.4, -0.2) is 17.3 Å². The van der Waals surface area contributed by atoms with Crippen LogP contribution in [0.1, 0.15) is 24.3 Å². The van der Waals surface area contributed by atoms with Gasteiger partial charge < -0.3 is 5.73 Å². The highest BCUT2D eigenvalue weighted by molar-refractivity contribution is 7.09. The molecule has 0 unspecified atom stereocenters. The number of Topliss-reactive ketones (excluding diaryl/α,β-unsaturated/α-hetero) is 1. The third-order valence-corrected chi connectivity index (χ3v) is 3.87. The zero-order valence-corrected chi connectivity index (χ0v) is 8.85. The Kier molecular flexibility index (Phi) is 2.65. The third-order valence-electron chi connectivity index (χ3n) is 3.09. The fraction of sp³-hybridized carbons (Fsp3) is 0.600. The van der Waals surface area contributed by atoms with Crippen molar-refractivity contribution in [3.8, 4) is 0 Å². The Morgan fingerprint density at radius 2 is 2.43 bits per heavy atom. The van der Waals surface area contributed by atoms with Crippen LogP contribution in [-0.2, 0) is 11.2 Å². The molecular weight excluding hydrogens is 196 g/mol. The quantitative estimate of drug-likeness (QED) is 0.817. The van der Waals surface area contributed by atoms with Gasteiger partial charge in [-0.05, 0) is 12.8 Å². The van der Waals surface area contributed by atoms with Crippen LogP contribution in [0.2, 0.25) is 0 Å². The minimum atomic E-state index is -0.203. The molecule has 3 nitrogen and oxygen atoms in total. The molecule has 0 aromatic carbocycles. The monoisotopic (exact) mass is 210 g/mol. The predicted octanol–water partition coefficient (Wildman–Crippen LogP) is 1.38. The smallest absolute Gasteiger partial charge is 0.147 e. The van der Waals surface area contributed by atoms with Crippen LogP contribution in [0.3, 0.4) is 0 Å². The number of hydrogen-bond acceptors (Lipinski definition) is 4. The van der Waals surface area contributed by atoms with Gasteiger partial charge >= 0.3 is 0 Å². The Morgan fingerprint density at radius 1 is 1.64 bits per heavy atom. The van der Waals surface area contributed by atoms with E-state index in [2.05, 4.69) is 4.98 Å². The molecule has 1 aromatic rings. The molecule has 1 fully saturated rings. The minimum Gasteiger partial charge on any atom is -0.329 e. The fourth-order valence-corrected chi connectivity index (χ4v) is 2.48. The number of carbonyl (C=O) groups excluding carboxylic acids is 1. The summed E-state index contributed by atoms with van der Waals surface area (Å²) >= 11 is 1.54. The summed E-state index contributed by atoms with van der Waals surface area (Å²) in [6, 6.07) is 0. The lowest BCUT2D eigenvalue weighted by Crippen LogP contribution is -2.45. The van der Waals surface area contributed by atoms with Crippen LogP contribution in [0, 0.1) is 5.41 Å². The first-order valence-electron chi connectivity index (χ1n) is 4.89. The Labute approximate surface area is 87.3 Å². The van der Waals surface area contributed by atoms with Crippen LogP contribution in [0.15, 0.2) is 11.6 Å². The summed E-state index contributed by atoms with van der Waals surface area (Å²) in [6.07, 6.45) is 5.28. The van der Waals surface area contributed by atoms with E-state index in [1.807, 2.05) is 5.38 Å². The molecule has 0 aliphatic heterocycles. The normalized spacial score (nSPS) is 18.9. The maximum Gasteiger partial charge on any atom is 0.147 e. The number of ketones is 1. The van der Waals surface area contributed by atoms with Crippen molar-refractivity contribution in [3.63, 3.8) is 0 Å². The van der Waals surface area contributed by atoms with Gasteiger partial charge in [-0.25, -0.2) is 4.98 Å². The Morgan fingerprint density at radius 3 is 2.86 bits per heavy atom. The molecule has 1 aromatic heterocycles. The van der Waals surface area contributed by atoms with Crippen molar-refractivity contribution < 1.29 is 4.79 Å². The van der Waals surface area contributed by atoms with Gasteiger partial charge in [0.05, 0.1) is 11.4 Å². The van der Waals surface area contributed by atoms with Gasteiger partial charge in [-0.15, -0.1) is 11.3 Å². The first kappa shape index (κ1) is 9.80. The second-order valence-corrected chi connectivity index (χ2v) is 4.84. The summed E-state index contributed by atoms with van der Waals surface area (Å²) in [5.74, 6) is 0.279. The number of nitrogens with two attached hydrogens (primary N) is 1. The number of hydrogen-bond donors (Lipinski definition) is 1. The average molecular weight is 210 g/mol. The minimum absolute atomic E-state index is 0.203. The van der Waals surface area contributed by atoms with Crippen molar-refractivity contribution in [3.05, 3.63) is 16.6 Å². The van der Waals surface area contributed by atoms with Crippen molar-refractivity contribution >= 4 is 17.1 Å². The average Bonchev–Trinajstić information content (AvgIpc) is 2.55. The summed E-state index contributed by atoms with van der Waals surface area (Å²) in [4.78, 5) is 16.1. The lowest BCUT2D eigenvalue weighted by molar-refractivity contribution is -0.132. The van der Waals surface area contributed by atoms with Gasteiger partial charge in [0.25, 0.3) is 0 Å². The van der Waals surface area contributed by atoms with Crippen LogP contribution in [0.25, 0.3) is 0 Å². The van der Waals surface area contributed by atoms with Crippen molar-refractivity contribution in [1.82, 2.24) is 4.98 Å². The highest BCUT2D eigenvalue weighted by Crippen LogP contribution is 2.41. The zero-order chi connectivity index (χ0) is 10.0. The van der Waals surface area contributed by atoms with E-state index < -0.39 is 0 Å². The highest BCUT2D eigenvalue weighted by atomic mass is 32.1. The van der Waals surface area contributed by atoms with Gasteiger partial charge in [0.1, 0.15) is 5.78 Å². The SMILES string of the molecule is NCC1(C(=O)Cc2nccs2)CCC1. The molecule has 0 saturated heterocycles. The largest absolute Gasteiger partial charge is 0.329 e. The maximum absolute atomic E-state index is 11.9. The lowest BCUT2D eigenvalue weighted by Gasteiger charge is -2.39. The van der Waals surface area contributed by atoms with Crippen LogP contribution in [0.5, 0.6) is 0 Å². The zero-order valence-electron chi connectivity index (χ0n) is 8.03. The van der Waals surface area contributed by atoms with Crippen molar-refractivity contribution in [2.24, 2.45) is 11.1 Å². The molecule has 2 N–H and O–H groups in total. The van der Waals surface area contributed by atoms with Crippen LogP contribution < -0.4 is 5.73 Å². The first-order valence-corrected chi connectivity index (χ1v) is 5.76. The van der Waals surface area contributed by atoms with E-state index in [-0.39, 0.29) is 11.2 Å². The number of nitrogens with zero attached hydrogens (tertiary/aromatic N) is 1. The molecular formula is C10H14N2OS. The Hall–Kier alpha value is -0.740. The molecule has 0 amide bonds. The van der Waals surface area contributed by atoms with Crippen LogP contribution in [0.4, 0.5) is 0 Å². The Balaban J connectivity index is 2.01. The topological polar surface area (TPSA) is 56.0 Å². The molecule has 0 radical (unpaired) electrons. The lowest BCUT2D eigenvalue weighted by atomic mass is 9.65. The van der Waals surface area contributed by atoms with Gasteiger partial charge in [-0.1, -0.05) is 6.42 Å². The van der Waals surface area contributed by atoms with Crippen molar-refractivity contribution in [2.75, 3.05) is 6.54 Å². The van der Waals surface area contributed by atoms with E-state index in [0.29, 0.717) is 13.0 Å². The van der Waals surface area contributed by atoms with Gasteiger partial charge in [0.15, 0.2) is 0 Å². The van der Waals surface area contributed by atoms with Crippen LogP contribution >= 0.6 is 11.3 Å². The summed E-state index contributed by atoms with van der Waals surface area (Å²) in [7, 11) is 0. The summed E-state index contributed by atoms with van der Waals surface area (Å²) < 4.78 is 0. The van der Waals surface area contributed by atoms with Gasteiger partial charge in [-0.3, -0.25) is 4.79 Å². The molecule has 0 spiro atoms. The molecule has 1 aliphatic carbocycles. The van der Waals surface area contributed by atoms with Gasteiger partial charge in [-0.2, -0.15) is 0 Å². The number of aromatic nitrogens is 1. The van der Waals surface area contributed by atoms with E-state index in [1.165, 1.54) is 11.3 Å². The Bertz CT molecular complexity index is 311. The standard InChI is InChI=1S/C10H14N2OS/c11-7-10(2-1-3-10)8(13)6-9-12-4-5-14-9/h4-5H,1-3,6-7,11H2. The summed E-state index contributed by atoms with van der Waals surface area (Å²) in [5, 5.41) is 2.81. The van der Waals surface area contributed by atoms with Gasteiger partial charge in [0.2, 0.25) is 0 Å². The molecule has 2 rings (SSSR count). The van der Waals surface area contributed by atoms with Crippen molar-refractivity contribution in [1.29, 1.82) is 0 Å². The van der Waals surface area contributed by atoms with Crippen molar-refractivity contribution in [2.45, 2.75) is 25.7 Å². The number of rotatable bonds is 4. The molecule has 14 heavy (non-hydrogen) atoms. The second kappa shape index (κ2) is 3.79. The first-order chi connectivity index (χ1) is 6.77. The molecule has 0 atom stereocenters. The van der Waals surface area contributed by atoms with Gasteiger partial charge in [0, 0.05) is 23.5 Å². The molecule has 1 heterocycles. The molecule has 4 heteroatoms. The summed E-state index contributed by atoms with van der Waals surface area (Å²) in [5.41, 5.74) is 5.46. The molecule has 1 aliphatic rings. The van der Waals surface area contributed by atoms with E-state index in [9.17, 15) is 4.79 Å². The second-order valence-electron chi connectivity index (χ2n) is 3.86. The van der Waals surface area contributed by atoms with E-state index >= 15 is 0 Å². The number of thiazole rings is 1. The van der Waals surface area contributed by atoms with E-state index in [4.69, 9.17) is 5.73 Å².